The molecule has 0 fully saturated rings. The summed E-state index contributed by atoms with van der Waals surface area (Å²) in [5.41, 5.74) is 0.956. The van der Waals surface area contributed by atoms with Crippen LogP contribution >= 0.6 is 0 Å². The van der Waals surface area contributed by atoms with Crippen LogP contribution < -0.4 is 14.8 Å². The lowest BCUT2D eigenvalue weighted by Crippen LogP contribution is -2.29. The maximum Gasteiger partial charge on any atom is 0.161 e. The van der Waals surface area contributed by atoms with Crippen molar-refractivity contribution in [3.05, 3.63) is 42.4 Å². The number of para-hydroxylation sites is 2. The van der Waals surface area contributed by atoms with Gasteiger partial charge in [-0.05, 0) is 25.0 Å². The largest absolute Gasteiger partial charge is 0.486 e. The Kier molecular flexibility index (Phi) is 3.67. The quantitative estimate of drug-likeness (QED) is 0.924. The van der Waals surface area contributed by atoms with E-state index in [1.54, 1.807) is 12.4 Å². The van der Waals surface area contributed by atoms with Gasteiger partial charge in [0, 0.05) is 19.4 Å². The summed E-state index contributed by atoms with van der Waals surface area (Å²) >= 11 is 0. The molecule has 0 bridgehead atoms. The molecule has 1 N–H and O–H groups in total. The molecule has 5 heteroatoms. The lowest BCUT2D eigenvalue weighted by Gasteiger charge is -2.26. The van der Waals surface area contributed by atoms with Crippen LogP contribution in [0.15, 0.2) is 36.7 Å². The molecule has 0 saturated carbocycles. The van der Waals surface area contributed by atoms with Gasteiger partial charge in [-0.3, -0.25) is 4.98 Å². The maximum atomic E-state index is 5.93. The summed E-state index contributed by atoms with van der Waals surface area (Å²) < 4.78 is 11.6. The molecule has 104 valence electrons. The smallest absolute Gasteiger partial charge is 0.161 e. The second-order valence-electron chi connectivity index (χ2n) is 4.64. The average molecular weight is 271 g/mol. The third kappa shape index (κ3) is 2.66. The Bertz CT molecular complexity index is 589. The maximum absolute atomic E-state index is 5.93. The van der Waals surface area contributed by atoms with Gasteiger partial charge in [0.25, 0.3) is 0 Å². The molecule has 20 heavy (non-hydrogen) atoms. The van der Waals surface area contributed by atoms with E-state index in [0.29, 0.717) is 6.61 Å². The van der Waals surface area contributed by atoms with Crippen molar-refractivity contribution in [2.75, 3.05) is 19.0 Å². The van der Waals surface area contributed by atoms with Crippen molar-refractivity contribution in [1.82, 2.24) is 9.97 Å². The van der Waals surface area contributed by atoms with Crippen LogP contribution in [0.3, 0.4) is 0 Å². The van der Waals surface area contributed by atoms with E-state index in [4.69, 9.17) is 9.47 Å². The molecule has 1 atom stereocenters. The predicted octanol–water partition coefficient (Wildman–Crippen LogP) is 2.29. The van der Waals surface area contributed by atoms with Gasteiger partial charge in [0.05, 0.1) is 5.69 Å². The highest BCUT2D eigenvalue weighted by Crippen LogP contribution is 2.31. The second-order valence-corrected chi connectivity index (χ2v) is 4.64. The Morgan fingerprint density at radius 1 is 1.20 bits per heavy atom. The van der Waals surface area contributed by atoms with Crippen LogP contribution in [0.5, 0.6) is 11.5 Å². The summed E-state index contributed by atoms with van der Waals surface area (Å²) in [4.78, 5) is 8.61. The number of aryl methyl sites for hydroxylation is 1. The van der Waals surface area contributed by atoms with E-state index in [1.807, 2.05) is 31.3 Å². The van der Waals surface area contributed by atoms with Gasteiger partial charge in [-0.15, -0.1) is 0 Å². The molecule has 0 amide bonds. The lowest BCUT2D eigenvalue weighted by atomic mass is 10.1. The highest BCUT2D eigenvalue weighted by molar-refractivity contribution is 5.41. The number of nitrogens with one attached hydrogen (secondary N) is 1. The molecule has 0 spiro atoms. The number of ether oxygens (including phenoxy) is 2. The van der Waals surface area contributed by atoms with Gasteiger partial charge >= 0.3 is 0 Å². The van der Waals surface area contributed by atoms with E-state index in [-0.39, 0.29) is 6.10 Å². The SMILES string of the molecule is CNc1nccnc1CCC1COc2ccccc2O1. The fourth-order valence-corrected chi connectivity index (χ4v) is 2.26. The molecular weight excluding hydrogens is 254 g/mol. The van der Waals surface area contributed by atoms with Crippen LogP contribution in [0.25, 0.3) is 0 Å². The number of benzene rings is 1. The predicted molar refractivity (Wildman–Crippen MR) is 76.3 cm³/mol. The molecule has 2 heterocycles. The standard InChI is InChI=1S/C15H17N3O2/c1-16-15-12(17-8-9-18-15)7-6-11-10-19-13-4-2-3-5-14(13)20-11/h2-5,8-9,11H,6-7,10H2,1H3,(H,16,18). The van der Waals surface area contributed by atoms with Gasteiger partial charge in [0.1, 0.15) is 18.5 Å². The molecule has 1 aliphatic rings. The molecular formula is C15H17N3O2. The van der Waals surface area contributed by atoms with Crippen molar-refractivity contribution in [2.45, 2.75) is 18.9 Å². The van der Waals surface area contributed by atoms with E-state index >= 15 is 0 Å². The van der Waals surface area contributed by atoms with E-state index in [9.17, 15) is 0 Å². The summed E-state index contributed by atoms with van der Waals surface area (Å²) in [6.45, 7) is 0.576. The van der Waals surface area contributed by atoms with Gasteiger partial charge in [0.2, 0.25) is 0 Å². The van der Waals surface area contributed by atoms with Crippen LogP contribution in [-0.4, -0.2) is 29.7 Å². The van der Waals surface area contributed by atoms with Crippen molar-refractivity contribution < 1.29 is 9.47 Å². The number of hydrogen-bond donors (Lipinski definition) is 1. The van der Waals surface area contributed by atoms with Crippen molar-refractivity contribution in [2.24, 2.45) is 0 Å². The Morgan fingerprint density at radius 3 is 2.85 bits per heavy atom. The van der Waals surface area contributed by atoms with E-state index in [1.165, 1.54) is 0 Å². The van der Waals surface area contributed by atoms with Gasteiger partial charge in [-0.2, -0.15) is 0 Å². The zero-order valence-corrected chi connectivity index (χ0v) is 11.4. The topological polar surface area (TPSA) is 56.3 Å². The highest BCUT2D eigenvalue weighted by Gasteiger charge is 2.20. The van der Waals surface area contributed by atoms with Crippen molar-refractivity contribution in [1.29, 1.82) is 0 Å². The first-order valence-corrected chi connectivity index (χ1v) is 6.73. The zero-order valence-electron chi connectivity index (χ0n) is 11.4. The van der Waals surface area contributed by atoms with Crippen LogP contribution in [0.2, 0.25) is 0 Å². The average Bonchev–Trinajstić information content (AvgIpc) is 2.53. The lowest BCUT2D eigenvalue weighted by molar-refractivity contribution is 0.0849. The molecule has 1 aliphatic heterocycles. The highest BCUT2D eigenvalue weighted by atomic mass is 16.6. The Hall–Kier alpha value is -2.30. The van der Waals surface area contributed by atoms with Crippen molar-refractivity contribution in [3.63, 3.8) is 0 Å². The molecule has 0 aliphatic carbocycles. The minimum absolute atomic E-state index is 0.0524. The zero-order chi connectivity index (χ0) is 13.8. The Balaban J connectivity index is 1.63. The number of hydrogen-bond acceptors (Lipinski definition) is 5. The van der Waals surface area contributed by atoms with Crippen LogP contribution in [0.4, 0.5) is 5.82 Å². The molecule has 5 nitrogen and oxygen atoms in total. The summed E-state index contributed by atoms with van der Waals surface area (Å²) in [5.74, 6) is 2.46. The summed E-state index contributed by atoms with van der Waals surface area (Å²) in [5, 5.41) is 3.05. The van der Waals surface area contributed by atoms with E-state index in [0.717, 1.165) is 35.9 Å². The van der Waals surface area contributed by atoms with Crippen LogP contribution in [-0.2, 0) is 6.42 Å². The fraction of sp³-hybridized carbons (Fsp3) is 0.333. The molecule has 3 rings (SSSR count). The van der Waals surface area contributed by atoms with Crippen molar-refractivity contribution in [3.8, 4) is 11.5 Å². The third-order valence-corrected chi connectivity index (χ3v) is 3.28. The normalized spacial score (nSPS) is 16.8. The number of rotatable bonds is 4. The molecule has 1 unspecified atom stereocenters. The summed E-state index contributed by atoms with van der Waals surface area (Å²) in [6, 6.07) is 7.75. The van der Waals surface area contributed by atoms with Gasteiger partial charge < -0.3 is 14.8 Å². The molecule has 0 radical (unpaired) electrons. The van der Waals surface area contributed by atoms with Gasteiger partial charge in [-0.1, -0.05) is 12.1 Å². The van der Waals surface area contributed by atoms with Gasteiger partial charge in [-0.25, -0.2) is 4.98 Å². The van der Waals surface area contributed by atoms with Crippen LogP contribution in [0.1, 0.15) is 12.1 Å². The Morgan fingerprint density at radius 2 is 2.00 bits per heavy atom. The summed E-state index contributed by atoms with van der Waals surface area (Å²) in [6.07, 6.45) is 5.11. The second kappa shape index (κ2) is 5.77. The monoisotopic (exact) mass is 271 g/mol. The third-order valence-electron chi connectivity index (χ3n) is 3.28. The molecule has 1 aromatic carbocycles. The first-order valence-electron chi connectivity index (χ1n) is 6.73. The number of aromatic nitrogens is 2. The fourth-order valence-electron chi connectivity index (χ4n) is 2.26. The molecule has 0 saturated heterocycles. The number of nitrogens with zero attached hydrogens (tertiary/aromatic N) is 2. The minimum atomic E-state index is 0.0524. The first kappa shape index (κ1) is 12.7. The van der Waals surface area contributed by atoms with E-state index < -0.39 is 0 Å². The van der Waals surface area contributed by atoms with Crippen molar-refractivity contribution >= 4 is 5.82 Å². The Labute approximate surface area is 118 Å². The molecule has 1 aromatic heterocycles. The first-order chi connectivity index (χ1) is 9.86. The summed E-state index contributed by atoms with van der Waals surface area (Å²) in [7, 11) is 1.85. The minimum Gasteiger partial charge on any atom is -0.486 e. The molecule has 2 aromatic rings. The van der Waals surface area contributed by atoms with E-state index in [2.05, 4.69) is 15.3 Å². The number of anilines is 1. The van der Waals surface area contributed by atoms with Crippen LogP contribution in [0, 0.1) is 0 Å². The number of fused-ring (bicyclic) bond motifs is 1. The van der Waals surface area contributed by atoms with Gasteiger partial charge in [0.15, 0.2) is 11.5 Å².